The lowest BCUT2D eigenvalue weighted by molar-refractivity contribution is 0.112. The first-order valence-corrected chi connectivity index (χ1v) is 4.07. The van der Waals surface area contributed by atoms with E-state index in [1.165, 1.54) is 0 Å². The van der Waals surface area contributed by atoms with Gasteiger partial charge in [-0.05, 0) is 24.6 Å². The molecule has 2 heteroatoms. The molecule has 1 aromatic carbocycles. The topological polar surface area (TPSA) is 26.3 Å². The SMILES string of the molecule is CC=Cc1ccc(OC)c(C=O)c1. The summed E-state index contributed by atoms with van der Waals surface area (Å²) in [4.78, 5) is 10.6. The second kappa shape index (κ2) is 4.45. The Morgan fingerprint density at radius 3 is 2.69 bits per heavy atom. The van der Waals surface area contributed by atoms with Crippen LogP contribution in [0.4, 0.5) is 0 Å². The summed E-state index contributed by atoms with van der Waals surface area (Å²) in [7, 11) is 1.55. The van der Waals surface area contributed by atoms with Crippen molar-refractivity contribution in [1.82, 2.24) is 0 Å². The quantitative estimate of drug-likeness (QED) is 0.661. The predicted octanol–water partition coefficient (Wildman–Crippen LogP) is 2.54. The normalized spacial score (nSPS) is 10.3. The van der Waals surface area contributed by atoms with Crippen LogP contribution < -0.4 is 4.74 Å². The van der Waals surface area contributed by atoms with Gasteiger partial charge in [0.25, 0.3) is 0 Å². The molecule has 0 aliphatic rings. The third-order valence-corrected chi connectivity index (χ3v) is 1.74. The fraction of sp³-hybridized carbons (Fsp3) is 0.182. The minimum Gasteiger partial charge on any atom is -0.496 e. The van der Waals surface area contributed by atoms with E-state index in [2.05, 4.69) is 0 Å². The van der Waals surface area contributed by atoms with Crippen LogP contribution in [0.25, 0.3) is 6.08 Å². The minimum absolute atomic E-state index is 0.582. The van der Waals surface area contributed by atoms with E-state index in [-0.39, 0.29) is 0 Å². The lowest BCUT2D eigenvalue weighted by Gasteiger charge is -2.03. The zero-order valence-corrected chi connectivity index (χ0v) is 7.78. The number of carbonyl (C=O) groups excluding carboxylic acids is 1. The standard InChI is InChI=1S/C11H12O2/c1-3-4-9-5-6-11(13-2)10(7-9)8-12/h3-8H,1-2H3. The van der Waals surface area contributed by atoms with Gasteiger partial charge in [-0.1, -0.05) is 18.2 Å². The number of methoxy groups -OCH3 is 1. The van der Waals surface area contributed by atoms with Gasteiger partial charge in [0.05, 0.1) is 12.7 Å². The first-order chi connectivity index (χ1) is 6.31. The van der Waals surface area contributed by atoms with Gasteiger partial charge in [-0.25, -0.2) is 0 Å². The summed E-state index contributed by atoms with van der Waals surface area (Å²) in [6.45, 7) is 1.94. The van der Waals surface area contributed by atoms with Crippen molar-refractivity contribution in [3.63, 3.8) is 0 Å². The zero-order chi connectivity index (χ0) is 9.68. The molecular formula is C11H12O2. The molecule has 2 nitrogen and oxygen atoms in total. The molecule has 1 aromatic rings. The molecule has 0 N–H and O–H groups in total. The molecule has 0 bridgehead atoms. The Bertz CT molecular complexity index is 327. The Balaban J connectivity index is 3.12. The molecule has 0 fully saturated rings. The van der Waals surface area contributed by atoms with Crippen LogP contribution in [0.15, 0.2) is 24.3 Å². The Labute approximate surface area is 77.8 Å². The molecule has 0 saturated carbocycles. The van der Waals surface area contributed by atoms with Crippen LogP contribution >= 0.6 is 0 Å². The van der Waals surface area contributed by atoms with Gasteiger partial charge in [-0.2, -0.15) is 0 Å². The zero-order valence-electron chi connectivity index (χ0n) is 7.78. The van der Waals surface area contributed by atoms with Crippen LogP contribution in [0.1, 0.15) is 22.8 Å². The van der Waals surface area contributed by atoms with Gasteiger partial charge < -0.3 is 4.74 Å². The second-order valence-corrected chi connectivity index (χ2v) is 2.62. The molecular weight excluding hydrogens is 164 g/mol. The summed E-state index contributed by atoms with van der Waals surface area (Å²) in [5, 5.41) is 0. The van der Waals surface area contributed by atoms with Crippen molar-refractivity contribution in [2.45, 2.75) is 6.92 Å². The highest BCUT2D eigenvalue weighted by Gasteiger charge is 2.00. The average Bonchev–Trinajstić information content (AvgIpc) is 2.18. The second-order valence-electron chi connectivity index (χ2n) is 2.62. The Hall–Kier alpha value is -1.57. The molecule has 0 atom stereocenters. The van der Waals surface area contributed by atoms with E-state index in [0.717, 1.165) is 11.8 Å². The fourth-order valence-electron chi connectivity index (χ4n) is 1.14. The molecule has 0 aliphatic carbocycles. The van der Waals surface area contributed by atoms with E-state index < -0.39 is 0 Å². The molecule has 0 aliphatic heterocycles. The highest BCUT2D eigenvalue weighted by atomic mass is 16.5. The summed E-state index contributed by atoms with van der Waals surface area (Å²) in [5.41, 5.74) is 1.59. The van der Waals surface area contributed by atoms with Crippen molar-refractivity contribution in [3.05, 3.63) is 35.4 Å². The molecule has 0 aromatic heterocycles. The van der Waals surface area contributed by atoms with Gasteiger partial charge in [0, 0.05) is 0 Å². The Morgan fingerprint density at radius 2 is 2.15 bits per heavy atom. The van der Waals surface area contributed by atoms with Crippen molar-refractivity contribution in [2.75, 3.05) is 7.11 Å². The van der Waals surface area contributed by atoms with Crippen LogP contribution in [0, 0.1) is 0 Å². The van der Waals surface area contributed by atoms with Gasteiger partial charge >= 0.3 is 0 Å². The van der Waals surface area contributed by atoms with Gasteiger partial charge in [0.2, 0.25) is 0 Å². The summed E-state index contributed by atoms with van der Waals surface area (Å²) < 4.78 is 5.01. The number of hydrogen-bond donors (Lipinski definition) is 0. The maximum absolute atomic E-state index is 10.6. The molecule has 1 rings (SSSR count). The van der Waals surface area contributed by atoms with E-state index in [1.807, 2.05) is 25.1 Å². The highest BCUT2D eigenvalue weighted by molar-refractivity contribution is 5.80. The van der Waals surface area contributed by atoms with Gasteiger partial charge in [-0.15, -0.1) is 0 Å². The van der Waals surface area contributed by atoms with Gasteiger partial charge in [0.15, 0.2) is 6.29 Å². The molecule has 0 amide bonds. The molecule has 0 saturated heterocycles. The largest absolute Gasteiger partial charge is 0.496 e. The predicted molar refractivity (Wildman–Crippen MR) is 53.1 cm³/mol. The Morgan fingerprint density at radius 1 is 1.38 bits per heavy atom. The third-order valence-electron chi connectivity index (χ3n) is 1.74. The maximum Gasteiger partial charge on any atom is 0.153 e. The van der Waals surface area contributed by atoms with Crippen molar-refractivity contribution in [1.29, 1.82) is 0 Å². The van der Waals surface area contributed by atoms with E-state index in [4.69, 9.17) is 4.74 Å². The molecule has 13 heavy (non-hydrogen) atoms. The van der Waals surface area contributed by atoms with Crippen LogP contribution in [-0.2, 0) is 0 Å². The van der Waals surface area contributed by atoms with Crippen molar-refractivity contribution in [3.8, 4) is 5.75 Å². The smallest absolute Gasteiger partial charge is 0.153 e. The summed E-state index contributed by atoms with van der Waals surface area (Å²) >= 11 is 0. The summed E-state index contributed by atoms with van der Waals surface area (Å²) in [6.07, 6.45) is 4.66. The van der Waals surface area contributed by atoms with Crippen LogP contribution in [0.5, 0.6) is 5.75 Å². The number of aldehydes is 1. The number of carbonyl (C=O) groups is 1. The van der Waals surface area contributed by atoms with Gasteiger partial charge in [-0.3, -0.25) is 4.79 Å². The van der Waals surface area contributed by atoms with Crippen molar-refractivity contribution in [2.24, 2.45) is 0 Å². The number of hydrogen-bond acceptors (Lipinski definition) is 2. The number of benzene rings is 1. The summed E-state index contributed by atoms with van der Waals surface area (Å²) in [5.74, 6) is 0.614. The van der Waals surface area contributed by atoms with Gasteiger partial charge in [0.1, 0.15) is 5.75 Å². The maximum atomic E-state index is 10.6. The fourth-order valence-corrected chi connectivity index (χ4v) is 1.14. The van der Waals surface area contributed by atoms with E-state index in [0.29, 0.717) is 11.3 Å². The third kappa shape index (κ3) is 2.18. The van der Waals surface area contributed by atoms with Crippen molar-refractivity contribution >= 4 is 12.4 Å². The molecule has 0 spiro atoms. The van der Waals surface area contributed by atoms with E-state index in [1.54, 1.807) is 19.2 Å². The lowest BCUT2D eigenvalue weighted by Crippen LogP contribution is -1.90. The Kier molecular flexibility index (Phi) is 3.26. The van der Waals surface area contributed by atoms with E-state index >= 15 is 0 Å². The lowest BCUT2D eigenvalue weighted by atomic mass is 10.1. The average molecular weight is 176 g/mol. The van der Waals surface area contributed by atoms with Crippen LogP contribution in [0.3, 0.4) is 0 Å². The van der Waals surface area contributed by atoms with E-state index in [9.17, 15) is 4.79 Å². The van der Waals surface area contributed by atoms with Crippen LogP contribution in [0.2, 0.25) is 0 Å². The number of rotatable bonds is 3. The first kappa shape index (κ1) is 9.52. The molecule has 68 valence electrons. The summed E-state index contributed by atoms with van der Waals surface area (Å²) in [6, 6.07) is 5.50. The van der Waals surface area contributed by atoms with Crippen molar-refractivity contribution < 1.29 is 9.53 Å². The highest BCUT2D eigenvalue weighted by Crippen LogP contribution is 2.18. The first-order valence-electron chi connectivity index (χ1n) is 4.07. The van der Waals surface area contributed by atoms with Crippen LogP contribution in [-0.4, -0.2) is 13.4 Å². The minimum atomic E-state index is 0.582. The molecule has 0 radical (unpaired) electrons. The number of allylic oxidation sites excluding steroid dienone is 1. The molecule has 0 unspecified atom stereocenters. The number of ether oxygens (including phenoxy) is 1. The monoisotopic (exact) mass is 176 g/mol. The molecule has 0 heterocycles.